The number of piperidine rings is 1. The van der Waals surface area contributed by atoms with Gasteiger partial charge in [-0.05, 0) is 18.4 Å². The number of carboxylic acids is 1. The number of aliphatic carboxylic acids is 1. The van der Waals surface area contributed by atoms with Gasteiger partial charge in [0.05, 0.1) is 16.9 Å². The van der Waals surface area contributed by atoms with Gasteiger partial charge in [0, 0.05) is 19.2 Å². The standard InChI is InChI=1S/C13H15FN2O6S/c1-8-4-9(13(17)18)7-15(6-8)23(21,22)12-3-2-10(16(19)20)5-11(12)14/h2-3,5,8-9H,4,6-7H2,1H3,(H,17,18). The maximum Gasteiger partial charge on any atom is 0.307 e. The summed E-state index contributed by atoms with van der Waals surface area (Å²) in [7, 11) is -4.26. The third-order valence-corrected chi connectivity index (χ3v) is 5.58. The number of non-ortho nitro benzene ring substituents is 1. The van der Waals surface area contributed by atoms with Crippen LogP contribution in [0.1, 0.15) is 13.3 Å². The molecule has 0 spiro atoms. The Morgan fingerprint density at radius 3 is 2.61 bits per heavy atom. The molecule has 2 atom stereocenters. The number of carboxylic acid groups (broad SMARTS) is 1. The average molecular weight is 346 g/mol. The molecule has 0 bridgehead atoms. The summed E-state index contributed by atoms with van der Waals surface area (Å²) in [6.45, 7) is 1.53. The Kier molecular flexibility index (Phi) is 4.66. The van der Waals surface area contributed by atoms with Crippen LogP contribution < -0.4 is 0 Å². The van der Waals surface area contributed by atoms with Crippen molar-refractivity contribution < 1.29 is 27.6 Å². The third kappa shape index (κ3) is 3.48. The highest BCUT2D eigenvalue weighted by Gasteiger charge is 2.37. The van der Waals surface area contributed by atoms with E-state index in [4.69, 9.17) is 5.11 Å². The van der Waals surface area contributed by atoms with Crippen molar-refractivity contribution in [3.8, 4) is 0 Å². The minimum Gasteiger partial charge on any atom is -0.481 e. The maximum absolute atomic E-state index is 14.0. The quantitative estimate of drug-likeness (QED) is 0.651. The molecule has 0 aromatic heterocycles. The van der Waals surface area contributed by atoms with Crippen LogP contribution >= 0.6 is 0 Å². The normalized spacial score (nSPS) is 22.7. The molecule has 1 fully saturated rings. The van der Waals surface area contributed by atoms with Gasteiger partial charge in [-0.25, -0.2) is 12.8 Å². The summed E-state index contributed by atoms with van der Waals surface area (Å²) in [6.07, 6.45) is 0.337. The molecular weight excluding hydrogens is 331 g/mol. The Hall–Kier alpha value is -2.07. The molecule has 1 saturated heterocycles. The van der Waals surface area contributed by atoms with E-state index in [-0.39, 0.29) is 19.0 Å². The molecule has 0 radical (unpaired) electrons. The fourth-order valence-electron chi connectivity index (χ4n) is 2.63. The first-order chi connectivity index (χ1) is 10.6. The Bertz CT molecular complexity index is 751. The predicted octanol–water partition coefficient (Wildman–Crippen LogP) is 1.47. The van der Waals surface area contributed by atoms with Crippen molar-refractivity contribution in [2.24, 2.45) is 11.8 Å². The van der Waals surface area contributed by atoms with Crippen molar-refractivity contribution in [2.75, 3.05) is 13.1 Å². The van der Waals surface area contributed by atoms with Crippen molar-refractivity contribution in [1.29, 1.82) is 0 Å². The van der Waals surface area contributed by atoms with Crippen LogP contribution in [0.3, 0.4) is 0 Å². The van der Waals surface area contributed by atoms with Gasteiger partial charge in [0.1, 0.15) is 10.7 Å². The number of carbonyl (C=O) groups is 1. The first kappa shape index (κ1) is 17.3. The fourth-order valence-corrected chi connectivity index (χ4v) is 4.28. The van der Waals surface area contributed by atoms with Gasteiger partial charge in [-0.2, -0.15) is 4.31 Å². The smallest absolute Gasteiger partial charge is 0.307 e. The molecule has 1 aliphatic heterocycles. The molecular formula is C13H15FN2O6S. The number of nitro groups is 1. The molecule has 2 rings (SSSR count). The molecule has 23 heavy (non-hydrogen) atoms. The Morgan fingerprint density at radius 2 is 2.09 bits per heavy atom. The van der Waals surface area contributed by atoms with Gasteiger partial charge in [-0.3, -0.25) is 14.9 Å². The van der Waals surface area contributed by atoms with Crippen LogP contribution in [0.4, 0.5) is 10.1 Å². The van der Waals surface area contributed by atoms with Gasteiger partial charge in [-0.15, -0.1) is 0 Å². The number of hydrogen-bond donors (Lipinski definition) is 1. The van der Waals surface area contributed by atoms with E-state index in [0.29, 0.717) is 12.5 Å². The monoisotopic (exact) mass is 346 g/mol. The van der Waals surface area contributed by atoms with Crippen LogP contribution in [0, 0.1) is 27.8 Å². The number of nitro benzene ring substituents is 1. The number of benzene rings is 1. The van der Waals surface area contributed by atoms with Crippen molar-refractivity contribution in [2.45, 2.75) is 18.2 Å². The topological polar surface area (TPSA) is 118 Å². The second kappa shape index (κ2) is 6.20. The summed E-state index contributed by atoms with van der Waals surface area (Å²) >= 11 is 0. The second-order valence-electron chi connectivity index (χ2n) is 5.57. The Morgan fingerprint density at radius 1 is 1.43 bits per heavy atom. The van der Waals surface area contributed by atoms with Gasteiger partial charge in [0.25, 0.3) is 5.69 Å². The number of halogens is 1. The second-order valence-corrected chi connectivity index (χ2v) is 7.48. The number of rotatable bonds is 4. The van der Waals surface area contributed by atoms with E-state index in [1.807, 2.05) is 0 Å². The minimum absolute atomic E-state index is 0.0720. The van der Waals surface area contributed by atoms with Gasteiger partial charge >= 0.3 is 5.97 Å². The SMILES string of the molecule is CC1CC(C(=O)O)CN(S(=O)(=O)c2ccc([N+](=O)[O-])cc2F)C1. The first-order valence-electron chi connectivity index (χ1n) is 6.80. The molecule has 1 aliphatic rings. The van der Waals surface area contributed by atoms with E-state index >= 15 is 0 Å². The molecule has 0 amide bonds. The van der Waals surface area contributed by atoms with Crippen LogP contribution in [-0.4, -0.2) is 41.8 Å². The van der Waals surface area contributed by atoms with E-state index in [1.54, 1.807) is 6.92 Å². The molecule has 10 heteroatoms. The van der Waals surface area contributed by atoms with Crippen LogP contribution in [0.15, 0.2) is 23.1 Å². The van der Waals surface area contributed by atoms with Gasteiger partial charge in [-0.1, -0.05) is 6.92 Å². The summed E-state index contributed by atoms with van der Waals surface area (Å²) in [5.41, 5.74) is -0.558. The van der Waals surface area contributed by atoms with Crippen molar-refractivity contribution in [3.05, 3.63) is 34.1 Å². The summed E-state index contributed by atoms with van der Waals surface area (Å²) < 4.78 is 40.0. The van der Waals surface area contributed by atoms with Crippen LogP contribution in [-0.2, 0) is 14.8 Å². The molecule has 0 saturated carbocycles. The summed E-state index contributed by atoms with van der Waals surface area (Å²) in [5.74, 6) is -3.40. The van der Waals surface area contributed by atoms with Crippen molar-refractivity contribution in [1.82, 2.24) is 4.31 Å². The largest absolute Gasteiger partial charge is 0.481 e. The number of sulfonamides is 1. The first-order valence-corrected chi connectivity index (χ1v) is 8.24. The molecule has 8 nitrogen and oxygen atoms in total. The predicted molar refractivity (Wildman–Crippen MR) is 76.7 cm³/mol. The van der Waals surface area contributed by atoms with E-state index < -0.39 is 43.2 Å². The van der Waals surface area contributed by atoms with Crippen LogP contribution in [0.25, 0.3) is 0 Å². The highest BCUT2D eigenvalue weighted by Crippen LogP contribution is 2.29. The maximum atomic E-state index is 14.0. The lowest BCUT2D eigenvalue weighted by Crippen LogP contribution is -2.45. The Labute approximate surface area is 131 Å². The van der Waals surface area contributed by atoms with E-state index in [9.17, 15) is 27.7 Å². The number of hydrogen-bond acceptors (Lipinski definition) is 5. The minimum atomic E-state index is -4.26. The van der Waals surface area contributed by atoms with E-state index in [0.717, 1.165) is 16.4 Å². The molecule has 126 valence electrons. The highest BCUT2D eigenvalue weighted by atomic mass is 32.2. The third-order valence-electron chi connectivity index (χ3n) is 3.72. The zero-order valence-electron chi connectivity index (χ0n) is 12.2. The highest BCUT2D eigenvalue weighted by molar-refractivity contribution is 7.89. The molecule has 1 aromatic rings. The lowest BCUT2D eigenvalue weighted by atomic mass is 9.92. The summed E-state index contributed by atoms with van der Waals surface area (Å²) in [4.78, 5) is 20.2. The lowest BCUT2D eigenvalue weighted by molar-refractivity contribution is -0.385. The van der Waals surface area contributed by atoms with Crippen LogP contribution in [0.5, 0.6) is 0 Å². The van der Waals surface area contributed by atoms with Crippen molar-refractivity contribution >= 4 is 21.7 Å². The van der Waals surface area contributed by atoms with Gasteiger partial charge in [0.2, 0.25) is 10.0 Å². The van der Waals surface area contributed by atoms with Gasteiger partial charge < -0.3 is 5.11 Å². The van der Waals surface area contributed by atoms with Gasteiger partial charge in [0.15, 0.2) is 0 Å². The molecule has 1 heterocycles. The van der Waals surface area contributed by atoms with E-state index in [2.05, 4.69) is 0 Å². The summed E-state index contributed by atoms with van der Waals surface area (Å²) in [6, 6.07) is 2.27. The number of nitrogens with zero attached hydrogens (tertiary/aromatic N) is 2. The molecule has 1 N–H and O–H groups in total. The lowest BCUT2D eigenvalue weighted by Gasteiger charge is -2.33. The fraction of sp³-hybridized carbons (Fsp3) is 0.462. The molecule has 0 aliphatic carbocycles. The molecule has 2 unspecified atom stereocenters. The Balaban J connectivity index is 2.38. The zero-order chi connectivity index (χ0) is 17.4. The van der Waals surface area contributed by atoms with Crippen molar-refractivity contribution in [3.63, 3.8) is 0 Å². The molecule has 1 aromatic carbocycles. The van der Waals surface area contributed by atoms with E-state index in [1.165, 1.54) is 0 Å². The zero-order valence-corrected chi connectivity index (χ0v) is 13.0. The summed E-state index contributed by atoms with van der Waals surface area (Å²) in [5, 5.41) is 19.7. The average Bonchev–Trinajstić information content (AvgIpc) is 2.45. The van der Waals surface area contributed by atoms with Crippen LogP contribution in [0.2, 0.25) is 0 Å².